The van der Waals surface area contributed by atoms with Crippen LogP contribution in [0.2, 0.25) is 0 Å². The van der Waals surface area contributed by atoms with Crippen molar-refractivity contribution in [3.05, 3.63) is 23.9 Å². The quantitative estimate of drug-likeness (QED) is 0.759. The minimum absolute atomic E-state index is 0.735. The highest BCUT2D eigenvalue weighted by Gasteiger charge is 2.15. The van der Waals surface area contributed by atoms with E-state index in [9.17, 15) is 0 Å². The van der Waals surface area contributed by atoms with E-state index in [0.29, 0.717) is 0 Å². The van der Waals surface area contributed by atoms with Crippen molar-refractivity contribution in [2.75, 3.05) is 20.2 Å². The molecular formula is C20H31N3O. The molecule has 1 fully saturated rings. The number of hydrogen-bond donors (Lipinski definition) is 1. The lowest BCUT2D eigenvalue weighted by Gasteiger charge is -2.21. The summed E-state index contributed by atoms with van der Waals surface area (Å²) < 4.78 is 6.09. The second kappa shape index (κ2) is 8.52. The first kappa shape index (κ1) is 17.3. The Morgan fingerprint density at radius 2 is 2.08 bits per heavy atom. The highest BCUT2D eigenvalue weighted by atomic mass is 16.5. The van der Waals surface area contributed by atoms with Crippen LogP contribution >= 0.6 is 0 Å². The van der Waals surface area contributed by atoms with Gasteiger partial charge in [-0.25, -0.2) is 0 Å². The third kappa shape index (κ3) is 4.50. The van der Waals surface area contributed by atoms with E-state index >= 15 is 0 Å². The Balaban J connectivity index is 1.64. The Bertz CT molecular complexity index is 631. The predicted octanol–water partition coefficient (Wildman–Crippen LogP) is 4.75. The minimum Gasteiger partial charge on any atom is -0.493 e. The smallest absolute Gasteiger partial charge is 0.120 e. The molecule has 0 unspecified atom stereocenters. The van der Waals surface area contributed by atoms with Crippen molar-refractivity contribution in [3.8, 4) is 5.75 Å². The highest BCUT2D eigenvalue weighted by Crippen LogP contribution is 2.27. The summed E-state index contributed by atoms with van der Waals surface area (Å²) in [5.74, 6) is 1.71. The largest absolute Gasteiger partial charge is 0.493 e. The number of unbranched alkanes of at least 4 members (excludes halogenated alkanes) is 1. The summed E-state index contributed by atoms with van der Waals surface area (Å²) >= 11 is 0. The topological polar surface area (TPSA) is 41.2 Å². The van der Waals surface area contributed by atoms with Crippen molar-refractivity contribution in [2.24, 2.45) is 5.92 Å². The molecule has 1 aliphatic rings. The molecule has 0 amide bonds. The molecule has 24 heavy (non-hydrogen) atoms. The van der Waals surface area contributed by atoms with E-state index < -0.39 is 0 Å². The van der Waals surface area contributed by atoms with Crippen LogP contribution in [0.3, 0.4) is 0 Å². The molecule has 1 aliphatic carbocycles. The van der Waals surface area contributed by atoms with Crippen molar-refractivity contribution in [3.63, 3.8) is 0 Å². The van der Waals surface area contributed by atoms with E-state index in [1.54, 1.807) is 0 Å². The Morgan fingerprint density at radius 1 is 1.25 bits per heavy atom. The lowest BCUT2D eigenvalue weighted by molar-refractivity contribution is 0.209. The first-order valence-electron chi connectivity index (χ1n) is 9.54. The Kier molecular flexibility index (Phi) is 6.13. The van der Waals surface area contributed by atoms with E-state index in [-0.39, 0.29) is 0 Å². The molecule has 0 aliphatic heterocycles. The zero-order valence-corrected chi connectivity index (χ0v) is 15.2. The van der Waals surface area contributed by atoms with Gasteiger partial charge in [0.1, 0.15) is 5.75 Å². The van der Waals surface area contributed by atoms with E-state index in [2.05, 4.69) is 47.3 Å². The zero-order chi connectivity index (χ0) is 16.8. The van der Waals surface area contributed by atoms with Crippen LogP contribution in [0.5, 0.6) is 5.75 Å². The molecule has 4 nitrogen and oxygen atoms in total. The van der Waals surface area contributed by atoms with Gasteiger partial charge in [-0.3, -0.25) is 5.10 Å². The second-order valence-electron chi connectivity index (χ2n) is 7.29. The normalized spacial score (nSPS) is 16.1. The number of aromatic amines is 1. The minimum atomic E-state index is 0.735. The lowest BCUT2D eigenvalue weighted by Crippen LogP contribution is -2.19. The van der Waals surface area contributed by atoms with Gasteiger partial charge in [-0.1, -0.05) is 32.6 Å². The molecule has 0 bridgehead atoms. The average Bonchev–Trinajstić information content (AvgIpc) is 3.01. The fourth-order valence-corrected chi connectivity index (χ4v) is 3.60. The molecule has 1 aromatic heterocycles. The second-order valence-corrected chi connectivity index (χ2v) is 7.29. The summed E-state index contributed by atoms with van der Waals surface area (Å²) in [6.45, 7) is 5.11. The number of benzene rings is 1. The third-order valence-corrected chi connectivity index (χ3v) is 5.14. The fourth-order valence-electron chi connectivity index (χ4n) is 3.60. The number of hydrogen-bond acceptors (Lipinski definition) is 3. The van der Waals surface area contributed by atoms with Gasteiger partial charge in [-0.05, 0) is 57.0 Å². The fraction of sp³-hybridized carbons (Fsp3) is 0.650. The molecule has 1 saturated carbocycles. The maximum Gasteiger partial charge on any atom is 0.120 e. The summed E-state index contributed by atoms with van der Waals surface area (Å²) in [4.78, 5) is 2.35. The number of aromatic nitrogens is 2. The zero-order valence-electron chi connectivity index (χ0n) is 15.2. The van der Waals surface area contributed by atoms with Gasteiger partial charge < -0.3 is 9.64 Å². The number of ether oxygens (including phenoxy) is 1. The van der Waals surface area contributed by atoms with Crippen LogP contribution in [0.1, 0.15) is 57.6 Å². The molecule has 0 saturated heterocycles. The number of rotatable bonds is 8. The number of nitrogens with one attached hydrogen (secondary N) is 1. The van der Waals surface area contributed by atoms with Crippen molar-refractivity contribution < 1.29 is 4.74 Å². The summed E-state index contributed by atoms with van der Waals surface area (Å²) in [5.41, 5.74) is 2.21. The van der Waals surface area contributed by atoms with Gasteiger partial charge in [0.2, 0.25) is 0 Å². The van der Waals surface area contributed by atoms with Crippen molar-refractivity contribution in [1.82, 2.24) is 15.1 Å². The van der Waals surface area contributed by atoms with Crippen LogP contribution in [-0.4, -0.2) is 35.3 Å². The molecule has 0 radical (unpaired) electrons. The van der Waals surface area contributed by atoms with Gasteiger partial charge in [0.15, 0.2) is 0 Å². The van der Waals surface area contributed by atoms with Crippen LogP contribution in [-0.2, 0) is 6.54 Å². The van der Waals surface area contributed by atoms with E-state index in [0.717, 1.165) is 36.9 Å². The van der Waals surface area contributed by atoms with Gasteiger partial charge in [0.05, 0.1) is 17.8 Å². The molecule has 2 aromatic rings. The van der Waals surface area contributed by atoms with E-state index in [1.807, 2.05) is 0 Å². The maximum absolute atomic E-state index is 6.09. The van der Waals surface area contributed by atoms with E-state index in [4.69, 9.17) is 4.74 Å². The molecule has 0 atom stereocenters. The molecule has 3 rings (SSSR count). The van der Waals surface area contributed by atoms with Gasteiger partial charge in [0.25, 0.3) is 0 Å². The third-order valence-electron chi connectivity index (χ3n) is 5.14. The molecule has 1 aromatic carbocycles. The maximum atomic E-state index is 6.09. The van der Waals surface area contributed by atoms with Crippen LogP contribution in [0.25, 0.3) is 10.9 Å². The molecule has 1 heterocycles. The first-order chi connectivity index (χ1) is 11.8. The summed E-state index contributed by atoms with van der Waals surface area (Å²) in [6, 6.07) is 6.28. The Labute approximate surface area is 145 Å². The molecule has 0 spiro atoms. The van der Waals surface area contributed by atoms with Crippen molar-refractivity contribution in [2.45, 2.75) is 58.4 Å². The van der Waals surface area contributed by atoms with Gasteiger partial charge in [-0.2, -0.15) is 5.10 Å². The summed E-state index contributed by atoms with van der Waals surface area (Å²) in [6.07, 6.45) is 9.23. The first-order valence-corrected chi connectivity index (χ1v) is 9.54. The van der Waals surface area contributed by atoms with Gasteiger partial charge in [-0.15, -0.1) is 0 Å². The summed E-state index contributed by atoms with van der Waals surface area (Å²) in [5, 5.41) is 8.84. The molecule has 4 heteroatoms. The predicted molar refractivity (Wildman–Crippen MR) is 99.4 cm³/mol. The number of fused-ring (bicyclic) bond motifs is 1. The highest BCUT2D eigenvalue weighted by molar-refractivity contribution is 5.82. The standard InChI is InChI=1S/C20H31N3O/c1-3-4-12-23(2)14-20-18-13-17(10-11-19(18)21-22-20)24-15-16-8-6-5-7-9-16/h10-11,13,16H,3-9,12,14-15H2,1-2H3,(H,21,22). The van der Waals surface area contributed by atoms with Gasteiger partial charge >= 0.3 is 0 Å². The molecular weight excluding hydrogens is 298 g/mol. The Morgan fingerprint density at radius 3 is 2.88 bits per heavy atom. The summed E-state index contributed by atoms with van der Waals surface area (Å²) in [7, 11) is 2.17. The van der Waals surface area contributed by atoms with E-state index in [1.165, 1.54) is 56.0 Å². The number of nitrogens with zero attached hydrogens (tertiary/aromatic N) is 2. The van der Waals surface area contributed by atoms with Crippen LogP contribution < -0.4 is 4.74 Å². The Hall–Kier alpha value is -1.55. The van der Waals surface area contributed by atoms with Crippen molar-refractivity contribution in [1.29, 1.82) is 0 Å². The lowest BCUT2D eigenvalue weighted by atomic mass is 9.90. The molecule has 1 N–H and O–H groups in total. The van der Waals surface area contributed by atoms with Crippen molar-refractivity contribution >= 4 is 10.9 Å². The van der Waals surface area contributed by atoms with Crippen LogP contribution in [0.15, 0.2) is 18.2 Å². The molecule has 132 valence electrons. The monoisotopic (exact) mass is 329 g/mol. The van der Waals surface area contributed by atoms with Crippen LogP contribution in [0.4, 0.5) is 0 Å². The van der Waals surface area contributed by atoms with Gasteiger partial charge in [0, 0.05) is 11.9 Å². The SMILES string of the molecule is CCCCN(C)Cc1[nH]nc2ccc(OCC3CCCCC3)cc12. The van der Waals surface area contributed by atoms with Crippen LogP contribution in [0, 0.1) is 5.92 Å². The average molecular weight is 329 g/mol. The number of H-pyrrole nitrogens is 1.